The van der Waals surface area contributed by atoms with Gasteiger partial charge in [0.05, 0.1) is 24.2 Å². The number of nitrogens with one attached hydrogen (secondary N) is 1. The largest absolute Gasteiger partial charge is 0.495 e. The molecule has 1 saturated heterocycles. The van der Waals surface area contributed by atoms with Crippen LogP contribution in [-0.2, 0) is 16.8 Å². The van der Waals surface area contributed by atoms with Gasteiger partial charge in [0.25, 0.3) is 0 Å². The summed E-state index contributed by atoms with van der Waals surface area (Å²) < 4.78 is 5.57. The zero-order valence-electron chi connectivity index (χ0n) is 16.0. The molecule has 0 bridgehead atoms. The van der Waals surface area contributed by atoms with Gasteiger partial charge in [0.2, 0.25) is 5.91 Å². The van der Waals surface area contributed by atoms with E-state index in [1.165, 1.54) is 16.6 Å². The monoisotopic (exact) mass is 366 g/mol. The predicted molar refractivity (Wildman–Crippen MR) is 104 cm³/mol. The Kier molecular flexibility index (Phi) is 4.56. The number of fused-ring (bicyclic) bond motifs is 4. The summed E-state index contributed by atoms with van der Waals surface area (Å²) in [5, 5.41) is 10.1. The Balaban J connectivity index is 1.78. The van der Waals surface area contributed by atoms with Crippen molar-refractivity contribution in [3.8, 4) is 11.8 Å². The number of carbonyl (C=O) groups is 1. The van der Waals surface area contributed by atoms with Crippen LogP contribution in [0.5, 0.6) is 5.75 Å². The van der Waals surface area contributed by atoms with Crippen molar-refractivity contribution < 1.29 is 9.53 Å². The van der Waals surface area contributed by atoms with Gasteiger partial charge < -0.3 is 19.5 Å². The first-order valence-electron chi connectivity index (χ1n) is 9.66. The molecule has 27 heavy (non-hydrogen) atoms. The summed E-state index contributed by atoms with van der Waals surface area (Å²) in [6.07, 6.45) is 3.19. The summed E-state index contributed by atoms with van der Waals surface area (Å²) in [7, 11) is 1.69. The molecule has 0 unspecified atom stereocenters. The number of nitrogens with zero attached hydrogens (tertiary/aromatic N) is 3. The van der Waals surface area contributed by atoms with E-state index in [9.17, 15) is 4.79 Å². The van der Waals surface area contributed by atoms with E-state index in [4.69, 9.17) is 10.00 Å². The minimum absolute atomic E-state index is 0.136. The number of methoxy groups -OCH3 is 1. The number of hydrogen-bond acceptors (Lipinski definition) is 4. The number of piperidine rings is 1. The molecule has 1 N–H and O–H groups in total. The van der Waals surface area contributed by atoms with Crippen molar-refractivity contribution in [3.05, 3.63) is 29.5 Å². The maximum Gasteiger partial charge on any atom is 0.220 e. The maximum atomic E-state index is 12.5. The van der Waals surface area contributed by atoms with Gasteiger partial charge in [-0.15, -0.1) is 0 Å². The first-order chi connectivity index (χ1) is 13.1. The van der Waals surface area contributed by atoms with Crippen LogP contribution in [0.25, 0.3) is 10.9 Å². The molecule has 6 nitrogen and oxygen atoms in total. The lowest BCUT2D eigenvalue weighted by molar-refractivity contribution is -0.139. The van der Waals surface area contributed by atoms with Gasteiger partial charge in [0.15, 0.2) is 0 Å². The standard InChI is InChI=1S/C21H26N4O2/c1-15(26)25-12-7-17-16-5-3-6-18(27-2)19(16)23-20(17)21(25)8-13-24(14-9-21)11-4-10-22/h3,5-6,23H,4,7-9,11-14H2,1-2H3. The Bertz CT molecular complexity index is 903. The molecule has 1 aromatic carbocycles. The fraction of sp³-hybridized carbons (Fsp3) is 0.524. The SMILES string of the molecule is COc1cccc2c3c([nH]c12)C1(CCN(CCC#N)CC1)N(C(C)=O)CC3. The summed E-state index contributed by atoms with van der Waals surface area (Å²) in [5.74, 6) is 0.981. The number of carbonyl (C=O) groups excluding carboxylic acids is 1. The summed E-state index contributed by atoms with van der Waals surface area (Å²) in [4.78, 5) is 20.6. The summed E-state index contributed by atoms with van der Waals surface area (Å²) >= 11 is 0. The van der Waals surface area contributed by atoms with Crippen LogP contribution in [0, 0.1) is 11.3 Å². The number of amides is 1. The predicted octanol–water partition coefficient (Wildman–Crippen LogP) is 2.79. The molecule has 0 aliphatic carbocycles. The van der Waals surface area contributed by atoms with E-state index in [0.29, 0.717) is 6.42 Å². The molecule has 1 aromatic heterocycles. The van der Waals surface area contributed by atoms with Crippen molar-refractivity contribution in [3.63, 3.8) is 0 Å². The second kappa shape index (κ2) is 6.90. The molecule has 3 heterocycles. The Morgan fingerprint density at radius 2 is 2.11 bits per heavy atom. The second-order valence-electron chi connectivity index (χ2n) is 7.56. The van der Waals surface area contributed by atoms with Crippen LogP contribution in [0.1, 0.15) is 37.4 Å². The van der Waals surface area contributed by atoms with Crippen LogP contribution >= 0.6 is 0 Å². The number of ether oxygens (including phenoxy) is 1. The van der Waals surface area contributed by atoms with Crippen LogP contribution in [-0.4, -0.2) is 54.0 Å². The molecule has 142 valence electrons. The van der Waals surface area contributed by atoms with Gasteiger partial charge in [-0.2, -0.15) is 5.26 Å². The number of hydrogen-bond donors (Lipinski definition) is 1. The zero-order chi connectivity index (χ0) is 19.0. The number of likely N-dealkylation sites (tertiary alicyclic amines) is 1. The molecule has 2 aromatic rings. The molecule has 2 aliphatic heterocycles. The van der Waals surface area contributed by atoms with Crippen molar-refractivity contribution in [2.75, 3.05) is 33.3 Å². The van der Waals surface area contributed by atoms with Gasteiger partial charge in [-0.3, -0.25) is 4.79 Å². The molecular weight excluding hydrogens is 340 g/mol. The molecule has 0 saturated carbocycles. The lowest BCUT2D eigenvalue weighted by Gasteiger charge is -2.51. The van der Waals surface area contributed by atoms with Gasteiger partial charge in [-0.25, -0.2) is 0 Å². The number of aromatic amines is 1. The van der Waals surface area contributed by atoms with Gasteiger partial charge in [-0.1, -0.05) is 12.1 Å². The van der Waals surface area contributed by atoms with Crippen molar-refractivity contribution in [2.24, 2.45) is 0 Å². The van der Waals surface area contributed by atoms with Gasteiger partial charge >= 0.3 is 0 Å². The number of H-pyrrole nitrogens is 1. The highest BCUT2D eigenvalue weighted by atomic mass is 16.5. The normalized spacial score (nSPS) is 19.1. The quantitative estimate of drug-likeness (QED) is 0.907. The lowest BCUT2D eigenvalue weighted by atomic mass is 9.77. The number of aromatic nitrogens is 1. The first kappa shape index (κ1) is 17.9. The minimum Gasteiger partial charge on any atom is -0.495 e. The third-order valence-corrected chi connectivity index (χ3v) is 6.29. The highest BCUT2D eigenvalue weighted by molar-refractivity contribution is 5.90. The van der Waals surface area contributed by atoms with Crippen LogP contribution in [0.15, 0.2) is 18.2 Å². The van der Waals surface area contributed by atoms with Gasteiger partial charge in [0, 0.05) is 50.6 Å². The number of nitriles is 1. The molecule has 4 rings (SSSR count). The Morgan fingerprint density at radius 1 is 1.33 bits per heavy atom. The third-order valence-electron chi connectivity index (χ3n) is 6.29. The lowest BCUT2D eigenvalue weighted by Crippen LogP contribution is -2.57. The average Bonchev–Trinajstić information content (AvgIpc) is 3.07. The summed E-state index contributed by atoms with van der Waals surface area (Å²) in [5.41, 5.74) is 3.25. The van der Waals surface area contributed by atoms with E-state index < -0.39 is 0 Å². The maximum absolute atomic E-state index is 12.5. The summed E-state index contributed by atoms with van der Waals surface area (Å²) in [6.45, 7) is 5.04. The van der Waals surface area contributed by atoms with Crippen molar-refractivity contribution >= 4 is 16.8 Å². The fourth-order valence-electron chi connectivity index (χ4n) is 4.98. The molecule has 0 atom stereocenters. The van der Waals surface area contributed by atoms with E-state index in [1.54, 1.807) is 14.0 Å². The second-order valence-corrected chi connectivity index (χ2v) is 7.56. The molecule has 0 radical (unpaired) electrons. The molecule has 1 fully saturated rings. The topological polar surface area (TPSA) is 72.4 Å². The number of para-hydroxylation sites is 1. The van der Waals surface area contributed by atoms with Crippen LogP contribution in [0.4, 0.5) is 0 Å². The van der Waals surface area contributed by atoms with Crippen molar-refractivity contribution in [1.82, 2.24) is 14.8 Å². The highest BCUT2D eigenvalue weighted by Crippen LogP contribution is 2.46. The Morgan fingerprint density at radius 3 is 2.78 bits per heavy atom. The van der Waals surface area contributed by atoms with E-state index in [2.05, 4.69) is 26.9 Å². The van der Waals surface area contributed by atoms with Crippen molar-refractivity contribution in [2.45, 2.75) is 38.1 Å². The smallest absolute Gasteiger partial charge is 0.220 e. The molecule has 1 amide bonds. The van der Waals surface area contributed by atoms with Gasteiger partial charge in [-0.05, 0) is 30.9 Å². The van der Waals surface area contributed by atoms with E-state index in [-0.39, 0.29) is 11.4 Å². The Hall–Kier alpha value is -2.52. The zero-order valence-corrected chi connectivity index (χ0v) is 16.0. The number of rotatable bonds is 3. The van der Waals surface area contributed by atoms with Crippen LogP contribution < -0.4 is 4.74 Å². The Labute approximate surface area is 159 Å². The first-order valence-corrected chi connectivity index (χ1v) is 9.66. The molecular formula is C21H26N4O2. The summed E-state index contributed by atoms with van der Waals surface area (Å²) in [6, 6.07) is 8.39. The van der Waals surface area contributed by atoms with Crippen LogP contribution in [0.2, 0.25) is 0 Å². The fourth-order valence-corrected chi connectivity index (χ4v) is 4.98. The minimum atomic E-state index is -0.285. The molecule has 6 heteroatoms. The van der Waals surface area contributed by atoms with E-state index >= 15 is 0 Å². The molecule has 2 aliphatic rings. The highest BCUT2D eigenvalue weighted by Gasteiger charge is 2.47. The molecule has 1 spiro atoms. The third kappa shape index (κ3) is 2.78. The van der Waals surface area contributed by atoms with E-state index in [1.807, 2.05) is 12.1 Å². The van der Waals surface area contributed by atoms with Crippen LogP contribution in [0.3, 0.4) is 0 Å². The average molecular weight is 366 g/mol. The number of benzene rings is 1. The van der Waals surface area contributed by atoms with E-state index in [0.717, 1.165) is 56.7 Å². The van der Waals surface area contributed by atoms with Gasteiger partial charge in [0.1, 0.15) is 5.75 Å². The van der Waals surface area contributed by atoms with Crippen molar-refractivity contribution in [1.29, 1.82) is 5.26 Å².